The van der Waals surface area contributed by atoms with E-state index in [-0.39, 0.29) is 23.5 Å². The van der Waals surface area contributed by atoms with Crippen molar-refractivity contribution in [2.45, 2.75) is 39.5 Å². The molecular weight excluding hydrogens is 715 g/mol. The minimum absolute atomic E-state index is 0.189. The summed E-state index contributed by atoms with van der Waals surface area (Å²) < 4.78 is 30.6. The van der Waals surface area contributed by atoms with Crippen LogP contribution < -0.4 is 9.80 Å². The molecular formula is C54H42F2N2. The molecule has 0 unspecified atom stereocenters. The van der Waals surface area contributed by atoms with Crippen molar-refractivity contribution in [1.29, 1.82) is 0 Å². The first-order chi connectivity index (χ1) is 28.3. The van der Waals surface area contributed by atoms with Crippen LogP contribution in [0.25, 0.3) is 53.9 Å². The molecule has 0 saturated carbocycles. The van der Waals surface area contributed by atoms with E-state index in [9.17, 15) is 0 Å². The van der Waals surface area contributed by atoms with Gasteiger partial charge in [-0.15, -0.1) is 0 Å². The summed E-state index contributed by atoms with van der Waals surface area (Å²) in [5, 5.41) is 11.2. The summed E-state index contributed by atoms with van der Waals surface area (Å²) >= 11 is 0. The van der Waals surface area contributed by atoms with E-state index in [1.54, 1.807) is 24.3 Å². The molecule has 0 saturated heterocycles. The molecule has 2 nitrogen and oxygen atoms in total. The lowest BCUT2D eigenvalue weighted by Gasteiger charge is -2.32. The normalized spacial score (nSPS) is 11.9. The highest BCUT2D eigenvalue weighted by Gasteiger charge is 2.27. The molecule has 0 aliphatic carbocycles. The van der Waals surface area contributed by atoms with Gasteiger partial charge < -0.3 is 9.80 Å². The molecule has 0 bridgehead atoms. The van der Waals surface area contributed by atoms with E-state index in [4.69, 9.17) is 0 Å². The molecule has 10 aromatic carbocycles. The van der Waals surface area contributed by atoms with Crippen molar-refractivity contribution in [3.05, 3.63) is 193 Å². The number of benzene rings is 10. The van der Waals surface area contributed by atoms with Gasteiger partial charge in [-0.3, -0.25) is 0 Å². The van der Waals surface area contributed by atoms with Crippen molar-refractivity contribution in [2.75, 3.05) is 9.80 Å². The smallest absolute Gasteiger partial charge is 0.125 e. The van der Waals surface area contributed by atoms with E-state index in [0.717, 1.165) is 66.4 Å². The van der Waals surface area contributed by atoms with Gasteiger partial charge in [0.05, 0.1) is 22.7 Å². The highest BCUT2D eigenvalue weighted by atomic mass is 19.1. The zero-order valence-corrected chi connectivity index (χ0v) is 33.0. The largest absolute Gasteiger partial charge is 0.309 e. The molecule has 0 aliphatic rings. The topological polar surface area (TPSA) is 6.48 Å². The van der Waals surface area contributed by atoms with Gasteiger partial charge in [0.2, 0.25) is 0 Å². The maximum atomic E-state index is 15.3. The Bertz CT molecular complexity index is 2960. The summed E-state index contributed by atoms with van der Waals surface area (Å²) in [5.41, 5.74) is 7.85. The van der Waals surface area contributed by atoms with E-state index in [2.05, 4.69) is 159 Å². The fourth-order valence-electron chi connectivity index (χ4n) is 9.19. The van der Waals surface area contributed by atoms with Crippen LogP contribution in [0.15, 0.2) is 170 Å². The molecule has 0 aliphatic heterocycles. The first-order valence-electron chi connectivity index (χ1n) is 20.1. The molecule has 4 heteroatoms. The fourth-order valence-corrected chi connectivity index (χ4v) is 9.19. The third-order valence-corrected chi connectivity index (χ3v) is 11.8. The maximum absolute atomic E-state index is 15.3. The molecule has 0 spiro atoms. The number of hydrogen-bond donors (Lipinski definition) is 0. The minimum Gasteiger partial charge on any atom is -0.309 e. The molecule has 10 rings (SSSR count). The second-order valence-corrected chi connectivity index (χ2v) is 16.0. The first-order valence-corrected chi connectivity index (χ1v) is 20.1. The predicted molar refractivity (Wildman–Crippen MR) is 243 cm³/mol. The van der Waals surface area contributed by atoms with Gasteiger partial charge in [0.15, 0.2) is 0 Å². The summed E-state index contributed by atoms with van der Waals surface area (Å²) in [6.45, 7) is 8.99. The Balaban J connectivity index is 1.36. The Labute approximate surface area is 337 Å². The molecule has 0 N–H and O–H groups in total. The molecule has 0 heterocycles. The van der Waals surface area contributed by atoms with Crippen molar-refractivity contribution in [3.63, 3.8) is 0 Å². The van der Waals surface area contributed by atoms with Crippen LogP contribution in [0.4, 0.5) is 42.9 Å². The monoisotopic (exact) mass is 756 g/mol. The van der Waals surface area contributed by atoms with Gasteiger partial charge in [0.25, 0.3) is 0 Å². The molecule has 58 heavy (non-hydrogen) atoms. The second kappa shape index (κ2) is 14.0. The van der Waals surface area contributed by atoms with Crippen molar-refractivity contribution >= 4 is 88.0 Å². The molecule has 0 aromatic heterocycles. The van der Waals surface area contributed by atoms with Gasteiger partial charge in [-0.25, -0.2) is 8.78 Å². The highest BCUT2D eigenvalue weighted by molar-refractivity contribution is 6.30. The predicted octanol–water partition coefficient (Wildman–Crippen LogP) is 16.4. The molecule has 10 aromatic rings. The molecule has 0 amide bonds. The molecule has 0 atom stereocenters. The summed E-state index contributed by atoms with van der Waals surface area (Å²) in [5.74, 6) is -0.203. The second-order valence-electron chi connectivity index (χ2n) is 16.0. The van der Waals surface area contributed by atoms with E-state index in [1.165, 1.54) is 44.8 Å². The van der Waals surface area contributed by atoms with Crippen LogP contribution in [0.1, 0.15) is 50.7 Å². The summed E-state index contributed by atoms with van der Waals surface area (Å²) in [6, 6.07) is 57.0. The zero-order valence-electron chi connectivity index (χ0n) is 33.0. The Morgan fingerprint density at radius 3 is 1.14 bits per heavy atom. The van der Waals surface area contributed by atoms with Crippen LogP contribution in [0.3, 0.4) is 0 Å². The lowest BCUT2D eigenvalue weighted by Crippen LogP contribution is -2.13. The van der Waals surface area contributed by atoms with Crippen molar-refractivity contribution in [1.82, 2.24) is 0 Å². The van der Waals surface area contributed by atoms with Gasteiger partial charge in [0.1, 0.15) is 11.6 Å². The third-order valence-electron chi connectivity index (χ3n) is 11.8. The number of anilines is 6. The molecule has 282 valence electrons. The average Bonchev–Trinajstić information content (AvgIpc) is 3.23. The van der Waals surface area contributed by atoms with Crippen LogP contribution >= 0.6 is 0 Å². The van der Waals surface area contributed by atoms with Crippen molar-refractivity contribution in [3.8, 4) is 0 Å². The third kappa shape index (κ3) is 5.74. The molecule has 0 fully saturated rings. The van der Waals surface area contributed by atoms with Gasteiger partial charge >= 0.3 is 0 Å². The van der Waals surface area contributed by atoms with Gasteiger partial charge in [-0.05, 0) is 116 Å². The summed E-state index contributed by atoms with van der Waals surface area (Å²) in [4.78, 5) is 4.48. The number of halogens is 2. The Kier molecular flexibility index (Phi) is 8.60. The van der Waals surface area contributed by atoms with E-state index >= 15 is 8.78 Å². The number of rotatable bonds is 8. The lowest BCUT2D eigenvalue weighted by molar-refractivity contribution is 0.627. The van der Waals surface area contributed by atoms with Crippen LogP contribution in [-0.2, 0) is 0 Å². The zero-order chi connectivity index (χ0) is 39.7. The standard InChI is InChI=1S/C54H42F2N2/c1-33(2)47-31-51(57(39-19-11-17-37(55)29-39)49-23-9-15-35-13-5-7-21-41(35)49)45-28-26-44-48(34(3)4)32-52(46-27-25-43(47)53(45)54(44)46)58(40-20-12-18-38(56)30-40)50-24-10-16-36-14-6-8-22-42(36)50/h5-34H,1-4H3. The Hall–Kier alpha value is -6.78. The van der Waals surface area contributed by atoms with Crippen LogP contribution in [0.5, 0.6) is 0 Å². The average molecular weight is 757 g/mol. The minimum atomic E-state index is -0.290. The maximum Gasteiger partial charge on any atom is 0.125 e. The van der Waals surface area contributed by atoms with Crippen LogP contribution in [-0.4, -0.2) is 0 Å². The lowest BCUT2D eigenvalue weighted by atomic mass is 9.84. The van der Waals surface area contributed by atoms with E-state index < -0.39 is 0 Å². The Morgan fingerprint density at radius 1 is 0.345 bits per heavy atom. The van der Waals surface area contributed by atoms with Crippen LogP contribution in [0.2, 0.25) is 0 Å². The number of hydrogen-bond acceptors (Lipinski definition) is 2. The van der Waals surface area contributed by atoms with Gasteiger partial charge in [0, 0.05) is 32.9 Å². The van der Waals surface area contributed by atoms with E-state index in [1.807, 2.05) is 12.1 Å². The SMILES string of the molecule is CC(C)c1cc(N(c2cccc(F)c2)c2cccc3ccccc23)c2ccc3c(C(C)C)cc(N(c4cccc(F)c4)c4cccc5ccccc45)c4ccc1c2c34. The van der Waals surface area contributed by atoms with Gasteiger partial charge in [-0.2, -0.15) is 0 Å². The quantitative estimate of drug-likeness (QED) is 0.143. The van der Waals surface area contributed by atoms with Gasteiger partial charge in [-0.1, -0.05) is 137 Å². The first kappa shape index (κ1) is 35.6. The number of nitrogens with zero attached hydrogens (tertiary/aromatic N) is 2. The van der Waals surface area contributed by atoms with Crippen molar-refractivity contribution in [2.24, 2.45) is 0 Å². The fraction of sp³-hybridized carbons (Fsp3) is 0.111. The summed E-state index contributed by atoms with van der Waals surface area (Å²) in [6.07, 6.45) is 0. The van der Waals surface area contributed by atoms with Crippen molar-refractivity contribution < 1.29 is 8.78 Å². The van der Waals surface area contributed by atoms with Crippen LogP contribution in [0, 0.1) is 11.6 Å². The summed E-state index contributed by atoms with van der Waals surface area (Å²) in [7, 11) is 0. The molecule has 0 radical (unpaired) electrons. The number of fused-ring (bicyclic) bond motifs is 2. The van der Waals surface area contributed by atoms with E-state index in [0.29, 0.717) is 0 Å². The Morgan fingerprint density at radius 2 is 0.724 bits per heavy atom. The highest BCUT2D eigenvalue weighted by Crippen LogP contribution is 2.52.